The molecule has 0 aromatic rings. The maximum absolute atomic E-state index is 14.0. The topological polar surface area (TPSA) is 98.7 Å². The van der Waals surface area contributed by atoms with Gasteiger partial charge in [-0.15, -0.1) is 0 Å². The number of alkyl halides is 1. The van der Waals surface area contributed by atoms with Crippen LogP contribution in [0, 0.1) is 5.92 Å². The number of nitrogens with zero attached hydrogens (tertiary/aromatic N) is 1. The van der Waals surface area contributed by atoms with E-state index in [0.717, 1.165) is 0 Å². The average molecular weight is 315 g/mol. The van der Waals surface area contributed by atoms with Gasteiger partial charge in [-0.2, -0.15) is 0 Å². The summed E-state index contributed by atoms with van der Waals surface area (Å²) in [6.45, 7) is 5.03. The van der Waals surface area contributed by atoms with E-state index in [0.29, 0.717) is 6.42 Å². The number of likely N-dealkylation sites (tertiary alicyclic amines) is 1. The largest absolute Gasteiger partial charge is 0.376 e. The lowest BCUT2D eigenvalue weighted by atomic mass is 10.0. The summed E-state index contributed by atoms with van der Waals surface area (Å²) in [5.41, 5.74) is 0. The first-order valence-electron chi connectivity index (χ1n) is 7.42. The Morgan fingerprint density at radius 2 is 2.14 bits per heavy atom. The number of carbonyl (C=O) groups is 3. The minimum Gasteiger partial charge on any atom is -0.376 e. The molecule has 0 spiro atoms. The van der Waals surface area contributed by atoms with E-state index in [9.17, 15) is 23.9 Å². The predicted molar refractivity (Wildman–Crippen MR) is 75.4 cm³/mol. The lowest BCUT2D eigenvalue weighted by Gasteiger charge is -2.33. The lowest BCUT2D eigenvalue weighted by molar-refractivity contribution is -0.139. The van der Waals surface area contributed by atoms with Crippen molar-refractivity contribution in [2.24, 2.45) is 5.92 Å². The fourth-order valence-corrected chi connectivity index (χ4v) is 3.20. The number of amides is 2. The fraction of sp³-hybridized carbons (Fsp3) is 0.786. The van der Waals surface area contributed by atoms with Gasteiger partial charge in [0.2, 0.25) is 11.7 Å². The van der Waals surface area contributed by atoms with Crippen molar-refractivity contribution in [2.75, 3.05) is 6.54 Å². The highest BCUT2D eigenvalue weighted by molar-refractivity contribution is 6.40. The Morgan fingerprint density at radius 3 is 2.68 bits per heavy atom. The van der Waals surface area contributed by atoms with E-state index >= 15 is 0 Å². The van der Waals surface area contributed by atoms with Crippen LogP contribution in [-0.2, 0) is 14.4 Å². The Morgan fingerprint density at radius 1 is 1.50 bits per heavy atom. The van der Waals surface area contributed by atoms with Gasteiger partial charge in [0, 0.05) is 13.5 Å². The van der Waals surface area contributed by atoms with Crippen LogP contribution < -0.4 is 10.6 Å². The normalized spacial score (nSPS) is 31.1. The van der Waals surface area contributed by atoms with Crippen molar-refractivity contribution in [3.63, 3.8) is 0 Å². The van der Waals surface area contributed by atoms with Gasteiger partial charge in [0.05, 0.1) is 12.1 Å². The molecule has 0 bridgehead atoms. The van der Waals surface area contributed by atoms with E-state index < -0.39 is 42.2 Å². The molecule has 2 saturated heterocycles. The minimum atomic E-state index is -1.42. The molecule has 0 radical (unpaired) electrons. The highest BCUT2D eigenvalue weighted by Gasteiger charge is 2.56. The number of Topliss-reactive ketones (excluding diaryl/α,β-unsaturated/α-hetero) is 1. The Bertz CT molecular complexity index is 485. The number of fused-ring (bicyclic) bond motifs is 1. The van der Waals surface area contributed by atoms with Gasteiger partial charge < -0.3 is 15.7 Å². The molecule has 2 rings (SSSR count). The minimum absolute atomic E-state index is 0.156. The molecule has 124 valence electrons. The predicted octanol–water partition coefficient (Wildman–Crippen LogP) is -1.05. The number of halogens is 1. The molecule has 0 saturated carbocycles. The molecule has 2 heterocycles. The van der Waals surface area contributed by atoms with Crippen molar-refractivity contribution in [1.29, 1.82) is 0 Å². The third kappa shape index (κ3) is 3.12. The van der Waals surface area contributed by atoms with Crippen molar-refractivity contribution in [3.8, 4) is 0 Å². The molecule has 22 heavy (non-hydrogen) atoms. The Kier molecular flexibility index (Phi) is 4.81. The Labute approximate surface area is 128 Å². The third-order valence-corrected chi connectivity index (χ3v) is 4.08. The van der Waals surface area contributed by atoms with Gasteiger partial charge in [-0.05, 0) is 12.3 Å². The van der Waals surface area contributed by atoms with Crippen LogP contribution in [0.25, 0.3) is 0 Å². The summed E-state index contributed by atoms with van der Waals surface area (Å²) in [6, 6.07) is -2.57. The summed E-state index contributed by atoms with van der Waals surface area (Å²) >= 11 is 0. The molecule has 8 heteroatoms. The number of carbonyl (C=O) groups excluding carboxylic acids is 3. The lowest BCUT2D eigenvalue weighted by Crippen LogP contribution is -2.55. The first kappa shape index (κ1) is 16.8. The Balaban J connectivity index is 2.18. The van der Waals surface area contributed by atoms with Gasteiger partial charge in [0.25, 0.3) is 5.91 Å². The molecule has 2 amide bonds. The molecule has 7 nitrogen and oxygen atoms in total. The molecule has 3 N–H and O–H groups in total. The molecule has 2 aliphatic heterocycles. The molecule has 0 aliphatic carbocycles. The van der Waals surface area contributed by atoms with Crippen LogP contribution in [0.2, 0.25) is 0 Å². The van der Waals surface area contributed by atoms with Gasteiger partial charge in [0.1, 0.15) is 18.4 Å². The number of nitrogens with one attached hydrogen (secondary N) is 2. The molecular formula is C14H22FN3O4. The second-order valence-electron chi connectivity index (χ2n) is 6.37. The van der Waals surface area contributed by atoms with Crippen molar-refractivity contribution < 1.29 is 23.9 Å². The molecule has 5 atom stereocenters. The van der Waals surface area contributed by atoms with Gasteiger partial charge in [-0.1, -0.05) is 13.8 Å². The van der Waals surface area contributed by atoms with Crippen LogP contribution in [0.1, 0.15) is 27.2 Å². The molecule has 2 fully saturated rings. The van der Waals surface area contributed by atoms with E-state index in [2.05, 4.69) is 10.6 Å². The molecule has 0 aromatic carbocycles. The van der Waals surface area contributed by atoms with E-state index in [-0.39, 0.29) is 18.4 Å². The number of aliphatic hydroxyl groups excluding tert-OH is 1. The van der Waals surface area contributed by atoms with Crippen LogP contribution in [0.5, 0.6) is 0 Å². The SMILES string of the molecule is CC(=O)N[C@@H](CC(C)C)C(O)N1C[C@H](F)[C@H]2NC(=O)C(=O)[C@H]21. The second kappa shape index (κ2) is 6.29. The summed E-state index contributed by atoms with van der Waals surface area (Å²) in [6.07, 6.45) is -2.18. The van der Waals surface area contributed by atoms with E-state index in [1.807, 2.05) is 13.8 Å². The van der Waals surface area contributed by atoms with Crippen LogP contribution in [0.4, 0.5) is 4.39 Å². The molecular weight excluding hydrogens is 293 g/mol. The van der Waals surface area contributed by atoms with Crippen molar-refractivity contribution >= 4 is 17.6 Å². The average Bonchev–Trinajstić information content (AvgIpc) is 2.87. The van der Waals surface area contributed by atoms with Gasteiger partial charge >= 0.3 is 0 Å². The summed E-state index contributed by atoms with van der Waals surface area (Å²) in [7, 11) is 0. The smallest absolute Gasteiger partial charge is 0.289 e. The quantitative estimate of drug-likeness (QED) is 0.562. The van der Waals surface area contributed by atoms with Crippen LogP contribution in [0.15, 0.2) is 0 Å². The van der Waals surface area contributed by atoms with E-state index in [1.165, 1.54) is 11.8 Å². The van der Waals surface area contributed by atoms with Gasteiger partial charge in [0.15, 0.2) is 0 Å². The van der Waals surface area contributed by atoms with E-state index in [4.69, 9.17) is 0 Å². The summed E-state index contributed by atoms with van der Waals surface area (Å²) in [4.78, 5) is 35.9. The maximum Gasteiger partial charge on any atom is 0.289 e. The highest BCUT2D eigenvalue weighted by atomic mass is 19.1. The van der Waals surface area contributed by atoms with Crippen LogP contribution in [-0.4, -0.2) is 64.7 Å². The zero-order chi connectivity index (χ0) is 16.6. The molecule has 0 aromatic heterocycles. The third-order valence-electron chi connectivity index (χ3n) is 4.08. The monoisotopic (exact) mass is 315 g/mol. The van der Waals surface area contributed by atoms with Gasteiger partial charge in [-0.25, -0.2) is 4.39 Å². The van der Waals surface area contributed by atoms with Crippen LogP contribution in [0.3, 0.4) is 0 Å². The Hall–Kier alpha value is -1.54. The first-order chi connectivity index (χ1) is 10.2. The first-order valence-corrected chi connectivity index (χ1v) is 7.42. The summed E-state index contributed by atoms with van der Waals surface area (Å²) in [5.74, 6) is -1.70. The van der Waals surface area contributed by atoms with Crippen molar-refractivity contribution in [3.05, 3.63) is 0 Å². The number of aliphatic hydroxyl groups is 1. The maximum atomic E-state index is 14.0. The number of ketones is 1. The van der Waals surface area contributed by atoms with E-state index in [1.54, 1.807) is 0 Å². The molecule has 2 aliphatic rings. The highest BCUT2D eigenvalue weighted by Crippen LogP contribution is 2.29. The van der Waals surface area contributed by atoms with Crippen LogP contribution >= 0.6 is 0 Å². The summed E-state index contributed by atoms with van der Waals surface area (Å²) < 4.78 is 14.0. The number of rotatable bonds is 5. The summed E-state index contributed by atoms with van der Waals surface area (Å²) in [5, 5.41) is 15.5. The number of hydrogen-bond donors (Lipinski definition) is 3. The van der Waals surface area contributed by atoms with Crippen molar-refractivity contribution in [2.45, 2.75) is 57.7 Å². The zero-order valence-corrected chi connectivity index (χ0v) is 12.9. The fourth-order valence-electron chi connectivity index (χ4n) is 3.20. The number of hydrogen-bond acceptors (Lipinski definition) is 5. The zero-order valence-electron chi connectivity index (χ0n) is 12.9. The van der Waals surface area contributed by atoms with Crippen molar-refractivity contribution in [1.82, 2.24) is 15.5 Å². The molecule has 1 unspecified atom stereocenters. The van der Waals surface area contributed by atoms with Gasteiger partial charge in [-0.3, -0.25) is 19.3 Å². The standard InChI is InChI=1S/C14H22FN3O4/c1-6(2)4-9(16-7(3)19)14(22)18-5-8(15)10-11(18)12(20)13(21)17-10/h6,8-11,14,22H,4-5H2,1-3H3,(H,16,19)(H,17,21)/t8-,9-,10+,11-,14?/m0/s1. The second-order valence-corrected chi connectivity index (χ2v) is 6.37.